The average molecular weight is 205 g/mol. The zero-order valence-electron chi connectivity index (χ0n) is 8.29. The number of hydrogen-bond donors (Lipinski definition) is 0. The van der Waals surface area contributed by atoms with Gasteiger partial charge in [0.15, 0.2) is 0 Å². The van der Waals surface area contributed by atoms with Gasteiger partial charge in [0.25, 0.3) is 0 Å². The van der Waals surface area contributed by atoms with E-state index >= 15 is 0 Å². The van der Waals surface area contributed by atoms with Crippen molar-refractivity contribution in [3.05, 3.63) is 0 Å². The largest absolute Gasteiger partial charge is 0.303 e. The van der Waals surface area contributed by atoms with Gasteiger partial charge in [0.05, 0.1) is 0 Å². The van der Waals surface area contributed by atoms with E-state index in [-0.39, 0.29) is 12.3 Å². The Bertz CT molecular complexity index is 176. The van der Waals surface area contributed by atoms with Gasteiger partial charge in [-0.05, 0) is 19.4 Å². The van der Waals surface area contributed by atoms with Crippen LogP contribution in [0.3, 0.4) is 0 Å². The Morgan fingerprint density at radius 1 is 1.43 bits per heavy atom. The molecule has 1 heterocycles. The average Bonchev–Trinajstić information content (AvgIpc) is 2.39. The van der Waals surface area contributed by atoms with Gasteiger partial charge in [-0.3, -0.25) is 0 Å². The minimum atomic E-state index is -2.23. The molecule has 82 valence electrons. The molecule has 0 radical (unpaired) electrons. The molecule has 0 N–H and O–H groups in total. The molecule has 1 rings (SSSR count). The lowest BCUT2D eigenvalue weighted by atomic mass is 10.1. The topological polar surface area (TPSA) is 20.3 Å². The molecule has 0 spiro atoms. The summed E-state index contributed by atoms with van der Waals surface area (Å²) in [6.45, 7) is 1.94. The van der Waals surface area contributed by atoms with Crippen LogP contribution in [0.25, 0.3) is 0 Å². The first-order valence-corrected chi connectivity index (χ1v) is 5.18. The molecule has 1 fully saturated rings. The van der Waals surface area contributed by atoms with Crippen molar-refractivity contribution in [3.63, 3.8) is 0 Å². The summed E-state index contributed by atoms with van der Waals surface area (Å²) in [6.07, 6.45) is 1.62. The predicted molar refractivity (Wildman–Crippen MR) is 50.5 cm³/mol. The van der Waals surface area contributed by atoms with Crippen LogP contribution in [0.2, 0.25) is 0 Å². The summed E-state index contributed by atoms with van der Waals surface area (Å²) >= 11 is 0. The third-order valence-corrected chi connectivity index (χ3v) is 2.65. The number of alkyl halides is 2. The summed E-state index contributed by atoms with van der Waals surface area (Å²) in [5, 5.41) is 0. The van der Waals surface area contributed by atoms with Crippen molar-refractivity contribution in [2.24, 2.45) is 5.92 Å². The third-order valence-electron chi connectivity index (χ3n) is 2.65. The molecular formula is C10H17F2NO. The first-order valence-electron chi connectivity index (χ1n) is 5.18. The Kier molecular flexibility index (Phi) is 5.01. The van der Waals surface area contributed by atoms with E-state index in [4.69, 9.17) is 0 Å². The van der Waals surface area contributed by atoms with Crippen LogP contribution in [0.5, 0.6) is 0 Å². The standard InChI is InChI=1S/C10H17F2NO/c11-10(12)4-6-13-5-2-1-3-9(7-13)8-14/h8-10H,1-7H2. The quantitative estimate of drug-likeness (QED) is 0.654. The summed E-state index contributed by atoms with van der Waals surface area (Å²) in [5.74, 6) is 0.0511. The zero-order chi connectivity index (χ0) is 10.4. The molecular weight excluding hydrogens is 188 g/mol. The van der Waals surface area contributed by atoms with Gasteiger partial charge in [-0.25, -0.2) is 8.78 Å². The Labute approximate surface area is 83.3 Å². The van der Waals surface area contributed by atoms with Crippen LogP contribution >= 0.6 is 0 Å². The van der Waals surface area contributed by atoms with Crippen LogP contribution in [-0.4, -0.2) is 37.2 Å². The van der Waals surface area contributed by atoms with Crippen LogP contribution < -0.4 is 0 Å². The Hall–Kier alpha value is -0.510. The molecule has 0 saturated carbocycles. The number of likely N-dealkylation sites (tertiary alicyclic amines) is 1. The van der Waals surface area contributed by atoms with Crippen LogP contribution in [0.15, 0.2) is 0 Å². The maximum absolute atomic E-state index is 12.0. The fourth-order valence-corrected chi connectivity index (χ4v) is 1.85. The van der Waals surface area contributed by atoms with Crippen molar-refractivity contribution < 1.29 is 13.6 Å². The maximum Gasteiger partial charge on any atom is 0.239 e. The first-order chi connectivity index (χ1) is 6.72. The normalized spacial score (nSPS) is 24.9. The van der Waals surface area contributed by atoms with Crippen molar-refractivity contribution in [2.75, 3.05) is 19.6 Å². The number of aldehydes is 1. The lowest BCUT2D eigenvalue weighted by Gasteiger charge is -2.21. The Morgan fingerprint density at radius 2 is 2.21 bits per heavy atom. The molecule has 0 aromatic rings. The van der Waals surface area contributed by atoms with Crippen LogP contribution in [0.4, 0.5) is 8.78 Å². The number of nitrogens with zero attached hydrogens (tertiary/aromatic N) is 1. The fourth-order valence-electron chi connectivity index (χ4n) is 1.85. The molecule has 1 saturated heterocycles. The molecule has 1 aliphatic rings. The van der Waals surface area contributed by atoms with Crippen molar-refractivity contribution in [1.82, 2.24) is 4.90 Å². The van der Waals surface area contributed by atoms with Gasteiger partial charge >= 0.3 is 0 Å². The Balaban J connectivity index is 2.31. The highest BCUT2D eigenvalue weighted by Gasteiger charge is 2.18. The Morgan fingerprint density at radius 3 is 2.86 bits per heavy atom. The summed E-state index contributed by atoms with van der Waals surface area (Å²) in [7, 11) is 0. The molecule has 14 heavy (non-hydrogen) atoms. The van der Waals surface area contributed by atoms with Gasteiger partial charge in [-0.15, -0.1) is 0 Å². The second-order valence-electron chi connectivity index (χ2n) is 3.87. The van der Waals surface area contributed by atoms with Crippen molar-refractivity contribution in [3.8, 4) is 0 Å². The summed E-state index contributed by atoms with van der Waals surface area (Å²) in [6, 6.07) is 0. The van der Waals surface area contributed by atoms with E-state index < -0.39 is 6.43 Å². The molecule has 1 aliphatic heterocycles. The molecule has 0 aromatic heterocycles. The molecule has 4 heteroatoms. The predicted octanol–water partition coefficient (Wildman–Crippen LogP) is 1.94. The van der Waals surface area contributed by atoms with Crippen molar-refractivity contribution in [2.45, 2.75) is 32.1 Å². The summed E-state index contributed by atoms with van der Waals surface area (Å²) < 4.78 is 23.9. The number of hydrogen-bond acceptors (Lipinski definition) is 2. The fraction of sp³-hybridized carbons (Fsp3) is 0.900. The van der Waals surface area contributed by atoms with E-state index in [1.165, 1.54) is 0 Å². The van der Waals surface area contributed by atoms with Crippen LogP contribution in [-0.2, 0) is 4.79 Å². The van der Waals surface area contributed by atoms with Gasteiger partial charge in [0.1, 0.15) is 6.29 Å². The van der Waals surface area contributed by atoms with Gasteiger partial charge in [-0.2, -0.15) is 0 Å². The minimum absolute atomic E-state index is 0.0511. The first kappa shape index (κ1) is 11.6. The van der Waals surface area contributed by atoms with E-state index in [0.717, 1.165) is 32.1 Å². The smallest absolute Gasteiger partial charge is 0.239 e. The van der Waals surface area contributed by atoms with Gasteiger partial charge in [0, 0.05) is 25.4 Å². The molecule has 0 aromatic carbocycles. The van der Waals surface area contributed by atoms with E-state index in [0.29, 0.717) is 13.1 Å². The van der Waals surface area contributed by atoms with E-state index in [1.54, 1.807) is 0 Å². The second kappa shape index (κ2) is 6.06. The number of rotatable bonds is 4. The van der Waals surface area contributed by atoms with Gasteiger partial charge in [0.2, 0.25) is 6.43 Å². The SMILES string of the molecule is O=CC1CCCCN(CCC(F)F)C1. The van der Waals surface area contributed by atoms with E-state index in [9.17, 15) is 13.6 Å². The maximum atomic E-state index is 12.0. The highest BCUT2D eigenvalue weighted by molar-refractivity contribution is 5.53. The number of carbonyl (C=O) groups is 1. The number of halogens is 2. The van der Waals surface area contributed by atoms with E-state index in [2.05, 4.69) is 0 Å². The minimum Gasteiger partial charge on any atom is -0.303 e. The highest BCUT2D eigenvalue weighted by Crippen LogP contribution is 2.15. The van der Waals surface area contributed by atoms with Gasteiger partial charge < -0.3 is 9.69 Å². The molecule has 0 aliphatic carbocycles. The zero-order valence-corrected chi connectivity index (χ0v) is 8.29. The lowest BCUT2D eigenvalue weighted by Crippen LogP contribution is -2.30. The molecule has 1 unspecified atom stereocenters. The molecule has 1 atom stereocenters. The monoisotopic (exact) mass is 205 g/mol. The van der Waals surface area contributed by atoms with Gasteiger partial charge in [-0.1, -0.05) is 6.42 Å². The summed E-state index contributed by atoms with van der Waals surface area (Å²) in [4.78, 5) is 12.6. The number of carbonyl (C=O) groups excluding carboxylic acids is 1. The van der Waals surface area contributed by atoms with E-state index in [1.807, 2.05) is 4.90 Å². The summed E-state index contributed by atoms with van der Waals surface area (Å²) in [5.41, 5.74) is 0. The highest BCUT2D eigenvalue weighted by atomic mass is 19.3. The van der Waals surface area contributed by atoms with Crippen LogP contribution in [0, 0.1) is 5.92 Å². The van der Waals surface area contributed by atoms with Crippen molar-refractivity contribution in [1.29, 1.82) is 0 Å². The van der Waals surface area contributed by atoms with Crippen LogP contribution in [0.1, 0.15) is 25.7 Å². The second-order valence-corrected chi connectivity index (χ2v) is 3.87. The molecule has 0 bridgehead atoms. The lowest BCUT2D eigenvalue weighted by molar-refractivity contribution is -0.111. The molecule has 0 amide bonds. The third kappa shape index (κ3) is 4.13. The van der Waals surface area contributed by atoms with Crippen molar-refractivity contribution >= 4 is 6.29 Å². The molecule has 2 nitrogen and oxygen atoms in total.